The van der Waals surface area contributed by atoms with Crippen LogP contribution in [-0.4, -0.2) is 56.3 Å². The Balaban J connectivity index is 2.08. The minimum atomic E-state index is -1.11. The fourth-order valence-corrected chi connectivity index (χ4v) is 2.33. The molecular formula is C14H18ClN3O5. The number of carbonyl (C=O) groups is 2. The van der Waals surface area contributed by atoms with Gasteiger partial charge < -0.3 is 14.6 Å². The predicted octanol–water partition coefficient (Wildman–Crippen LogP) is 1.97. The smallest absolute Gasteiger partial charge is 0.411 e. The van der Waals surface area contributed by atoms with Gasteiger partial charge >= 0.3 is 12.1 Å². The molecule has 0 spiro atoms. The van der Waals surface area contributed by atoms with Gasteiger partial charge in [0.05, 0.1) is 6.54 Å². The number of hydrogen-bond acceptors (Lipinski definition) is 6. The number of halogens is 1. The van der Waals surface area contributed by atoms with Crippen molar-refractivity contribution < 1.29 is 24.2 Å². The fourth-order valence-electron chi connectivity index (χ4n) is 2.20. The molecule has 1 aromatic rings. The number of carboxylic acids is 1. The van der Waals surface area contributed by atoms with Crippen molar-refractivity contribution in [3.05, 3.63) is 17.5 Å². The van der Waals surface area contributed by atoms with Crippen molar-refractivity contribution in [2.75, 3.05) is 6.54 Å². The van der Waals surface area contributed by atoms with Crippen LogP contribution in [0.1, 0.15) is 27.2 Å². The van der Waals surface area contributed by atoms with E-state index in [1.54, 1.807) is 20.8 Å². The van der Waals surface area contributed by atoms with Gasteiger partial charge in [0.15, 0.2) is 0 Å². The number of carboxylic acid groups (broad SMARTS) is 1. The lowest BCUT2D eigenvalue weighted by atomic mass is 10.2. The number of likely N-dealkylation sites (tertiary alicyclic amines) is 1. The predicted molar refractivity (Wildman–Crippen MR) is 80.4 cm³/mol. The largest absolute Gasteiger partial charge is 0.480 e. The van der Waals surface area contributed by atoms with E-state index in [2.05, 4.69) is 9.97 Å². The summed E-state index contributed by atoms with van der Waals surface area (Å²) in [6.07, 6.45) is 0.363. The van der Waals surface area contributed by atoms with E-state index in [1.807, 2.05) is 0 Å². The normalized spacial score (nSPS) is 21.1. The number of aromatic nitrogens is 2. The molecule has 126 valence electrons. The lowest BCUT2D eigenvalue weighted by molar-refractivity contribution is -0.142. The minimum Gasteiger partial charge on any atom is -0.480 e. The summed E-state index contributed by atoms with van der Waals surface area (Å²) in [6, 6.07) is 0.504. The van der Waals surface area contributed by atoms with Gasteiger partial charge in [0.2, 0.25) is 11.2 Å². The van der Waals surface area contributed by atoms with E-state index in [1.165, 1.54) is 12.3 Å². The van der Waals surface area contributed by atoms with Crippen molar-refractivity contribution in [2.45, 2.75) is 44.9 Å². The molecule has 1 aromatic heterocycles. The van der Waals surface area contributed by atoms with Gasteiger partial charge in [-0.1, -0.05) is 0 Å². The van der Waals surface area contributed by atoms with E-state index in [9.17, 15) is 14.7 Å². The highest BCUT2D eigenvalue weighted by atomic mass is 35.5. The quantitative estimate of drug-likeness (QED) is 0.837. The molecule has 9 heteroatoms. The summed E-state index contributed by atoms with van der Waals surface area (Å²) < 4.78 is 10.8. The highest BCUT2D eigenvalue weighted by Gasteiger charge is 2.42. The maximum absolute atomic E-state index is 12.2. The number of hydrogen-bond donors (Lipinski definition) is 1. The van der Waals surface area contributed by atoms with Crippen LogP contribution in [0.25, 0.3) is 0 Å². The van der Waals surface area contributed by atoms with Gasteiger partial charge in [-0.15, -0.1) is 0 Å². The van der Waals surface area contributed by atoms with Crippen LogP contribution in [0.5, 0.6) is 5.88 Å². The summed E-state index contributed by atoms with van der Waals surface area (Å²) in [4.78, 5) is 32.3. The zero-order chi connectivity index (χ0) is 17.2. The van der Waals surface area contributed by atoms with Crippen molar-refractivity contribution in [1.29, 1.82) is 0 Å². The summed E-state index contributed by atoms with van der Waals surface area (Å²) in [5.74, 6) is -0.882. The van der Waals surface area contributed by atoms with Crippen LogP contribution in [0, 0.1) is 0 Å². The summed E-state index contributed by atoms with van der Waals surface area (Å²) >= 11 is 5.68. The Labute approximate surface area is 138 Å². The van der Waals surface area contributed by atoms with E-state index in [0.29, 0.717) is 0 Å². The summed E-state index contributed by atoms with van der Waals surface area (Å²) in [5.41, 5.74) is -0.709. The maximum atomic E-state index is 12.2. The molecule has 1 saturated heterocycles. The SMILES string of the molecule is CC(C)(C)OC(=O)N1C[C@H](Oc2ccnc(Cl)n2)C[C@H]1C(=O)O. The number of nitrogens with zero attached hydrogens (tertiary/aromatic N) is 3. The Hall–Kier alpha value is -2.09. The molecule has 1 fully saturated rings. The number of ether oxygens (including phenoxy) is 2. The van der Waals surface area contributed by atoms with E-state index >= 15 is 0 Å². The van der Waals surface area contributed by atoms with Crippen molar-refractivity contribution >= 4 is 23.7 Å². The Morgan fingerprint density at radius 3 is 2.70 bits per heavy atom. The average molecular weight is 344 g/mol. The van der Waals surface area contributed by atoms with Gasteiger partial charge in [-0.25, -0.2) is 14.6 Å². The molecule has 1 N–H and O–H groups in total. The molecule has 0 unspecified atom stereocenters. The maximum Gasteiger partial charge on any atom is 0.411 e. The van der Waals surface area contributed by atoms with Gasteiger partial charge in [-0.2, -0.15) is 4.98 Å². The molecule has 0 bridgehead atoms. The van der Waals surface area contributed by atoms with Crippen LogP contribution in [-0.2, 0) is 9.53 Å². The van der Waals surface area contributed by atoms with Crippen LogP contribution < -0.4 is 4.74 Å². The summed E-state index contributed by atoms with van der Waals surface area (Å²) in [5, 5.41) is 9.33. The zero-order valence-corrected chi connectivity index (χ0v) is 13.8. The lowest BCUT2D eigenvalue weighted by Gasteiger charge is -2.26. The molecule has 0 aromatic carbocycles. The van der Waals surface area contributed by atoms with Crippen LogP contribution in [0.15, 0.2) is 12.3 Å². The summed E-state index contributed by atoms with van der Waals surface area (Å²) in [6.45, 7) is 5.24. The van der Waals surface area contributed by atoms with Crippen molar-refractivity contribution in [3.63, 3.8) is 0 Å². The molecule has 1 aliphatic rings. The molecule has 2 heterocycles. The van der Waals surface area contributed by atoms with E-state index < -0.39 is 29.8 Å². The third-order valence-electron chi connectivity index (χ3n) is 3.06. The molecule has 0 saturated carbocycles. The molecule has 0 aliphatic carbocycles. The Morgan fingerprint density at radius 1 is 1.43 bits per heavy atom. The standard InChI is InChI=1S/C14H18ClN3O5/c1-14(2,3)23-13(21)18-7-8(6-9(18)11(19)20)22-10-4-5-16-12(15)17-10/h4-5,8-9H,6-7H2,1-3H3,(H,19,20)/t8-,9+/m1/s1. The first kappa shape index (κ1) is 17.3. The zero-order valence-electron chi connectivity index (χ0n) is 13.0. The average Bonchev–Trinajstić information content (AvgIpc) is 2.81. The van der Waals surface area contributed by atoms with Crippen LogP contribution >= 0.6 is 11.6 Å². The number of aliphatic carboxylic acids is 1. The first-order valence-corrected chi connectivity index (χ1v) is 7.41. The second-order valence-corrected chi connectivity index (χ2v) is 6.46. The van der Waals surface area contributed by atoms with Crippen molar-refractivity contribution in [2.24, 2.45) is 0 Å². The second kappa shape index (κ2) is 6.57. The molecule has 2 atom stereocenters. The van der Waals surface area contributed by atoms with E-state index in [-0.39, 0.29) is 24.1 Å². The highest BCUT2D eigenvalue weighted by Crippen LogP contribution is 2.24. The van der Waals surface area contributed by atoms with E-state index in [4.69, 9.17) is 21.1 Å². The summed E-state index contributed by atoms with van der Waals surface area (Å²) in [7, 11) is 0. The third-order valence-corrected chi connectivity index (χ3v) is 3.25. The number of carbonyl (C=O) groups excluding carboxylic acids is 1. The van der Waals surface area contributed by atoms with Crippen molar-refractivity contribution in [1.82, 2.24) is 14.9 Å². The Kier molecular flexibility index (Phi) is 4.93. The van der Waals surface area contributed by atoms with E-state index in [0.717, 1.165) is 4.90 Å². The monoisotopic (exact) mass is 343 g/mol. The van der Waals surface area contributed by atoms with Gasteiger partial charge in [-0.05, 0) is 32.4 Å². The first-order chi connectivity index (χ1) is 10.7. The molecule has 8 nitrogen and oxygen atoms in total. The second-order valence-electron chi connectivity index (χ2n) is 6.13. The van der Waals surface area contributed by atoms with Gasteiger partial charge in [0, 0.05) is 18.7 Å². The molecule has 0 radical (unpaired) electrons. The minimum absolute atomic E-state index is 0.0271. The molecule has 23 heavy (non-hydrogen) atoms. The van der Waals surface area contributed by atoms with Crippen LogP contribution in [0.2, 0.25) is 5.28 Å². The molecule has 1 amide bonds. The Bertz CT molecular complexity index is 604. The van der Waals surface area contributed by atoms with Gasteiger partial charge in [-0.3, -0.25) is 4.90 Å². The van der Waals surface area contributed by atoms with Crippen molar-refractivity contribution in [3.8, 4) is 5.88 Å². The van der Waals surface area contributed by atoms with Crippen LogP contribution in [0.4, 0.5) is 4.79 Å². The molecule has 2 rings (SSSR count). The lowest BCUT2D eigenvalue weighted by Crippen LogP contribution is -2.43. The van der Waals surface area contributed by atoms with Crippen LogP contribution in [0.3, 0.4) is 0 Å². The molecule has 1 aliphatic heterocycles. The first-order valence-electron chi connectivity index (χ1n) is 7.03. The fraction of sp³-hybridized carbons (Fsp3) is 0.571. The topological polar surface area (TPSA) is 102 Å². The third kappa shape index (κ3) is 4.69. The highest BCUT2D eigenvalue weighted by molar-refractivity contribution is 6.28. The number of rotatable bonds is 3. The van der Waals surface area contributed by atoms with Gasteiger partial charge in [0.25, 0.3) is 0 Å². The molecular weight excluding hydrogens is 326 g/mol. The number of amides is 1. The Morgan fingerprint density at radius 2 is 2.13 bits per heavy atom. The van der Waals surface area contributed by atoms with Gasteiger partial charge in [0.1, 0.15) is 17.7 Å².